The SMILES string of the molecule is CCC(Nc1ncnc(N2C(=O)OC[C@@H]2C(C)C)n1)c1ccc(Oc2ccccc2)cc1. The number of carbonyl (C=O) groups excluding carboxylic acids is 1. The van der Waals surface area contributed by atoms with Crippen LogP contribution >= 0.6 is 0 Å². The third kappa shape index (κ3) is 4.80. The molecule has 1 unspecified atom stereocenters. The Morgan fingerprint density at radius 2 is 1.81 bits per heavy atom. The molecule has 0 bridgehead atoms. The van der Waals surface area contributed by atoms with Crippen molar-refractivity contribution in [2.45, 2.75) is 39.3 Å². The lowest BCUT2D eigenvalue weighted by atomic mass is 10.0. The van der Waals surface area contributed by atoms with Gasteiger partial charge >= 0.3 is 6.09 Å². The summed E-state index contributed by atoms with van der Waals surface area (Å²) < 4.78 is 11.1. The standard InChI is InChI=1S/C24H27N5O3/c1-4-20(17-10-12-19(13-11-17)32-18-8-6-5-7-9-18)27-22-25-15-26-23(28-22)29-21(16(2)3)14-31-24(29)30/h5-13,15-16,20-21H,4,14H2,1-3H3,(H,25,26,27,28)/t20?,21-/m1/s1. The number of benzene rings is 2. The van der Waals surface area contributed by atoms with Crippen LogP contribution in [0.2, 0.25) is 0 Å². The second-order valence-electron chi connectivity index (χ2n) is 7.96. The molecule has 1 aromatic heterocycles. The summed E-state index contributed by atoms with van der Waals surface area (Å²) in [5, 5.41) is 3.36. The second kappa shape index (κ2) is 9.64. The molecule has 0 aliphatic carbocycles. The molecule has 0 spiro atoms. The van der Waals surface area contributed by atoms with Gasteiger partial charge in [-0.3, -0.25) is 0 Å². The van der Waals surface area contributed by atoms with Gasteiger partial charge in [0, 0.05) is 0 Å². The molecule has 8 heteroatoms. The summed E-state index contributed by atoms with van der Waals surface area (Å²) in [6.45, 7) is 6.50. The molecule has 8 nitrogen and oxygen atoms in total. The molecule has 4 rings (SSSR count). The first-order valence-corrected chi connectivity index (χ1v) is 10.8. The van der Waals surface area contributed by atoms with Crippen molar-refractivity contribution in [3.8, 4) is 11.5 Å². The Kier molecular flexibility index (Phi) is 6.49. The average molecular weight is 434 g/mol. The molecule has 3 aromatic rings. The van der Waals surface area contributed by atoms with E-state index in [1.54, 1.807) is 0 Å². The maximum Gasteiger partial charge on any atom is 0.417 e. The first kappa shape index (κ1) is 21.5. The lowest BCUT2D eigenvalue weighted by molar-refractivity contribution is 0.177. The highest BCUT2D eigenvalue weighted by molar-refractivity contribution is 5.88. The van der Waals surface area contributed by atoms with Gasteiger partial charge < -0.3 is 14.8 Å². The molecule has 1 N–H and O–H groups in total. The molecule has 32 heavy (non-hydrogen) atoms. The maximum absolute atomic E-state index is 12.2. The number of hydrogen-bond acceptors (Lipinski definition) is 7. The van der Waals surface area contributed by atoms with E-state index in [0.29, 0.717) is 18.5 Å². The van der Waals surface area contributed by atoms with Crippen LogP contribution in [0.3, 0.4) is 0 Å². The molecule has 1 aliphatic rings. The third-order valence-electron chi connectivity index (χ3n) is 5.42. The van der Waals surface area contributed by atoms with Gasteiger partial charge in [0.1, 0.15) is 24.4 Å². The number of hydrogen-bond donors (Lipinski definition) is 1. The van der Waals surface area contributed by atoms with Gasteiger partial charge in [0.05, 0.1) is 12.1 Å². The smallest absolute Gasteiger partial charge is 0.417 e. The van der Waals surface area contributed by atoms with Crippen LogP contribution in [0.4, 0.5) is 16.7 Å². The summed E-state index contributed by atoms with van der Waals surface area (Å²) in [5.74, 6) is 2.49. The van der Waals surface area contributed by atoms with Crippen LogP contribution in [0.5, 0.6) is 11.5 Å². The minimum atomic E-state index is -0.429. The zero-order valence-corrected chi connectivity index (χ0v) is 18.4. The van der Waals surface area contributed by atoms with Crippen LogP contribution in [0.1, 0.15) is 38.8 Å². The molecular formula is C24H27N5O3. The summed E-state index contributed by atoms with van der Waals surface area (Å²) >= 11 is 0. The van der Waals surface area contributed by atoms with Crippen LogP contribution in [0, 0.1) is 5.92 Å². The fourth-order valence-corrected chi connectivity index (χ4v) is 3.60. The van der Waals surface area contributed by atoms with E-state index in [1.807, 2.05) is 68.4 Å². The van der Waals surface area contributed by atoms with Crippen LogP contribution in [-0.4, -0.2) is 33.7 Å². The molecule has 2 heterocycles. The zero-order valence-electron chi connectivity index (χ0n) is 18.4. The summed E-state index contributed by atoms with van der Waals surface area (Å²) in [6, 6.07) is 17.5. The minimum absolute atomic E-state index is 0.0116. The monoisotopic (exact) mass is 433 g/mol. The quantitative estimate of drug-likeness (QED) is 0.522. The van der Waals surface area contributed by atoms with E-state index in [9.17, 15) is 4.79 Å². The number of aromatic nitrogens is 3. The van der Waals surface area contributed by atoms with E-state index in [2.05, 4.69) is 27.2 Å². The second-order valence-corrected chi connectivity index (χ2v) is 7.96. The minimum Gasteiger partial charge on any atom is -0.457 e. The lowest BCUT2D eigenvalue weighted by Crippen LogP contribution is -2.38. The van der Waals surface area contributed by atoms with Gasteiger partial charge in [-0.15, -0.1) is 0 Å². The first-order valence-electron chi connectivity index (χ1n) is 10.8. The first-order chi connectivity index (χ1) is 15.5. The average Bonchev–Trinajstić information content (AvgIpc) is 3.21. The highest BCUT2D eigenvalue weighted by Gasteiger charge is 2.38. The molecule has 2 atom stereocenters. The van der Waals surface area contributed by atoms with Crippen molar-refractivity contribution < 1.29 is 14.3 Å². The van der Waals surface area contributed by atoms with Gasteiger partial charge in [0.25, 0.3) is 0 Å². The van der Waals surface area contributed by atoms with Gasteiger partial charge in [-0.25, -0.2) is 19.7 Å². The number of nitrogens with one attached hydrogen (secondary N) is 1. The molecule has 2 aromatic carbocycles. The van der Waals surface area contributed by atoms with Crippen molar-refractivity contribution in [3.63, 3.8) is 0 Å². The van der Waals surface area contributed by atoms with Crippen molar-refractivity contribution in [2.75, 3.05) is 16.8 Å². The Labute approximate surface area is 187 Å². The highest BCUT2D eigenvalue weighted by atomic mass is 16.6. The van der Waals surface area contributed by atoms with Gasteiger partial charge in [-0.2, -0.15) is 4.98 Å². The van der Waals surface area contributed by atoms with E-state index < -0.39 is 6.09 Å². The van der Waals surface area contributed by atoms with E-state index in [0.717, 1.165) is 23.5 Å². The van der Waals surface area contributed by atoms with E-state index in [4.69, 9.17) is 9.47 Å². The Bertz CT molecular complexity index is 1040. The third-order valence-corrected chi connectivity index (χ3v) is 5.42. The summed E-state index contributed by atoms with van der Waals surface area (Å²) in [5.41, 5.74) is 1.08. The predicted octanol–water partition coefficient (Wildman–Crippen LogP) is 5.21. The number of amides is 1. The number of anilines is 2. The molecule has 1 aliphatic heterocycles. The number of cyclic esters (lactones) is 1. The molecule has 0 saturated carbocycles. The van der Waals surface area contributed by atoms with Crippen LogP contribution in [0.25, 0.3) is 0 Å². The number of ether oxygens (including phenoxy) is 2. The molecule has 1 amide bonds. The normalized spacial score (nSPS) is 16.7. The number of nitrogens with zero attached hydrogens (tertiary/aromatic N) is 4. The predicted molar refractivity (Wildman–Crippen MR) is 122 cm³/mol. The Morgan fingerprint density at radius 1 is 1.09 bits per heavy atom. The lowest BCUT2D eigenvalue weighted by Gasteiger charge is -2.23. The molecule has 1 saturated heterocycles. The van der Waals surface area contributed by atoms with Gasteiger partial charge in [0.2, 0.25) is 11.9 Å². The summed E-state index contributed by atoms with van der Waals surface area (Å²) in [4.78, 5) is 26.7. The Hall–Kier alpha value is -3.68. The summed E-state index contributed by atoms with van der Waals surface area (Å²) in [6.07, 6.45) is 1.80. The van der Waals surface area contributed by atoms with Crippen LogP contribution in [0.15, 0.2) is 60.9 Å². The Balaban J connectivity index is 1.48. The maximum atomic E-state index is 12.2. The van der Waals surface area contributed by atoms with Crippen molar-refractivity contribution in [1.82, 2.24) is 15.0 Å². The van der Waals surface area contributed by atoms with Crippen molar-refractivity contribution in [2.24, 2.45) is 5.92 Å². The fourth-order valence-electron chi connectivity index (χ4n) is 3.60. The molecule has 0 radical (unpaired) electrons. The Morgan fingerprint density at radius 3 is 2.50 bits per heavy atom. The fraction of sp³-hybridized carbons (Fsp3) is 0.333. The number of rotatable bonds is 8. The van der Waals surface area contributed by atoms with E-state index in [1.165, 1.54) is 11.2 Å². The largest absolute Gasteiger partial charge is 0.457 e. The van der Waals surface area contributed by atoms with Crippen molar-refractivity contribution in [3.05, 3.63) is 66.5 Å². The van der Waals surface area contributed by atoms with Crippen LogP contribution in [-0.2, 0) is 4.74 Å². The van der Waals surface area contributed by atoms with Crippen LogP contribution < -0.4 is 15.0 Å². The van der Waals surface area contributed by atoms with Gasteiger partial charge in [-0.1, -0.05) is 51.1 Å². The highest BCUT2D eigenvalue weighted by Crippen LogP contribution is 2.28. The molecule has 166 valence electrons. The topological polar surface area (TPSA) is 89.5 Å². The number of para-hydroxylation sites is 1. The zero-order chi connectivity index (χ0) is 22.5. The molecular weight excluding hydrogens is 406 g/mol. The van der Waals surface area contributed by atoms with Crippen molar-refractivity contribution >= 4 is 18.0 Å². The van der Waals surface area contributed by atoms with Gasteiger partial charge in [0.15, 0.2) is 0 Å². The summed E-state index contributed by atoms with van der Waals surface area (Å²) in [7, 11) is 0. The number of carbonyl (C=O) groups is 1. The van der Waals surface area contributed by atoms with E-state index in [-0.39, 0.29) is 18.0 Å². The van der Waals surface area contributed by atoms with Gasteiger partial charge in [-0.05, 0) is 42.2 Å². The van der Waals surface area contributed by atoms with E-state index >= 15 is 0 Å². The van der Waals surface area contributed by atoms with Crippen molar-refractivity contribution in [1.29, 1.82) is 0 Å². The molecule has 1 fully saturated rings.